The molecule has 0 fully saturated rings. The van der Waals surface area contributed by atoms with Gasteiger partial charge in [-0.1, -0.05) is 24.3 Å². The minimum absolute atomic E-state index is 0.0850. The Labute approximate surface area is 179 Å². The number of carbonyl (C=O) groups excluding carboxylic acids is 2. The van der Waals surface area contributed by atoms with Crippen molar-refractivity contribution in [3.05, 3.63) is 75.6 Å². The van der Waals surface area contributed by atoms with E-state index in [0.717, 1.165) is 7.28 Å². The van der Waals surface area contributed by atoms with Crippen LogP contribution in [0.1, 0.15) is 18.1 Å². The van der Waals surface area contributed by atoms with Crippen molar-refractivity contribution in [1.82, 2.24) is 5.32 Å². The summed E-state index contributed by atoms with van der Waals surface area (Å²) in [6.07, 6.45) is 0.200. The van der Waals surface area contributed by atoms with Crippen LogP contribution in [0.25, 0.3) is 0 Å². The molecule has 1 amide bonds. The lowest BCUT2D eigenvalue weighted by atomic mass is 9.63. The van der Waals surface area contributed by atoms with Gasteiger partial charge in [0, 0.05) is 24.4 Å². The van der Waals surface area contributed by atoms with Gasteiger partial charge in [0.25, 0.3) is 13.0 Å². The van der Waals surface area contributed by atoms with Crippen LogP contribution in [0.3, 0.4) is 0 Å². The van der Waals surface area contributed by atoms with Crippen molar-refractivity contribution in [1.29, 1.82) is 5.26 Å². The zero-order chi connectivity index (χ0) is 22.8. The number of ether oxygens (including phenoxy) is 1. The third kappa shape index (κ3) is 7.22. The lowest BCUT2D eigenvalue weighted by Crippen LogP contribution is -2.45. The van der Waals surface area contributed by atoms with E-state index in [-0.39, 0.29) is 25.1 Å². The first-order valence-corrected chi connectivity index (χ1v) is 9.51. The molecule has 159 valence electrons. The van der Waals surface area contributed by atoms with Crippen molar-refractivity contribution in [3.63, 3.8) is 0 Å². The highest BCUT2D eigenvalue weighted by molar-refractivity contribution is 6.52. The van der Waals surface area contributed by atoms with E-state index in [1.807, 2.05) is 5.97 Å². The number of nitro benzene ring substituents is 1. The van der Waals surface area contributed by atoms with Crippen LogP contribution in [-0.4, -0.2) is 36.7 Å². The third-order valence-corrected chi connectivity index (χ3v) is 4.46. The van der Waals surface area contributed by atoms with Crippen LogP contribution in [-0.2, 0) is 27.2 Å². The van der Waals surface area contributed by atoms with Crippen LogP contribution in [0.5, 0.6) is 0 Å². The fourth-order valence-corrected chi connectivity index (χ4v) is 2.90. The van der Waals surface area contributed by atoms with E-state index < -0.39 is 34.5 Å². The molecule has 0 saturated carbocycles. The number of halogens is 1. The van der Waals surface area contributed by atoms with E-state index in [0.29, 0.717) is 11.1 Å². The second-order valence-electron chi connectivity index (χ2n) is 6.67. The summed E-state index contributed by atoms with van der Waals surface area (Å²) in [6, 6.07) is 10.1. The smallest absolute Gasteiger partial charge is 0.328 e. The highest BCUT2D eigenvalue weighted by atomic mass is 19.1. The Morgan fingerprint density at radius 1 is 1.16 bits per heavy atom. The van der Waals surface area contributed by atoms with E-state index in [1.54, 1.807) is 6.92 Å². The van der Waals surface area contributed by atoms with E-state index in [1.165, 1.54) is 48.5 Å². The molecule has 31 heavy (non-hydrogen) atoms. The number of benzene rings is 2. The molecular weight excluding hydrogens is 404 g/mol. The normalized spacial score (nSPS) is 12.2. The van der Waals surface area contributed by atoms with Crippen LogP contribution >= 0.6 is 0 Å². The van der Waals surface area contributed by atoms with Gasteiger partial charge in [0.2, 0.25) is 5.91 Å². The fraction of sp³-hybridized carbons (Fsp3) is 0.286. The van der Waals surface area contributed by atoms with Crippen molar-refractivity contribution >= 4 is 24.8 Å². The van der Waals surface area contributed by atoms with E-state index in [4.69, 9.17) is 10.00 Å². The lowest BCUT2D eigenvalue weighted by molar-refractivity contribution is -0.384. The molecule has 2 aromatic carbocycles. The standard InChI is InChI=1S/C21H20BFN3O5/c1-2-31-21(28)19(12-15-3-7-16(23)8-4-15)25-20(27)18(22-13-24)11-14-5-9-17(10-6-14)26(29)30/h3-10,18-19H,2,11-12H2,1H3,(H,25,27)/t18-,19?/m0/s1. The first kappa shape index (κ1) is 23.5. The topological polar surface area (TPSA) is 122 Å². The number of esters is 1. The lowest BCUT2D eigenvalue weighted by Gasteiger charge is -2.20. The second-order valence-corrected chi connectivity index (χ2v) is 6.67. The van der Waals surface area contributed by atoms with Gasteiger partial charge in [0.15, 0.2) is 0 Å². The van der Waals surface area contributed by atoms with Crippen LogP contribution in [0, 0.1) is 27.2 Å². The van der Waals surface area contributed by atoms with Gasteiger partial charge in [0.1, 0.15) is 11.9 Å². The average molecular weight is 424 g/mol. The number of hydrogen-bond acceptors (Lipinski definition) is 6. The van der Waals surface area contributed by atoms with Gasteiger partial charge in [-0.15, -0.1) is 0 Å². The predicted molar refractivity (Wildman–Crippen MR) is 111 cm³/mol. The number of nitriles is 1. The summed E-state index contributed by atoms with van der Waals surface area (Å²) in [5.74, 6) is -0.702. The first-order valence-electron chi connectivity index (χ1n) is 9.51. The Balaban J connectivity index is 2.14. The Hall–Kier alpha value is -3.74. The van der Waals surface area contributed by atoms with Gasteiger partial charge in [-0.05, 0) is 42.6 Å². The highest BCUT2D eigenvalue weighted by Crippen LogP contribution is 2.18. The molecule has 0 aliphatic rings. The zero-order valence-electron chi connectivity index (χ0n) is 16.8. The molecule has 2 atom stereocenters. The van der Waals surface area contributed by atoms with Crippen molar-refractivity contribution in [2.75, 3.05) is 6.61 Å². The molecule has 1 radical (unpaired) electrons. The summed E-state index contributed by atoms with van der Waals surface area (Å²) in [5.41, 5.74) is 1.15. The van der Waals surface area contributed by atoms with Crippen LogP contribution in [0.2, 0.25) is 5.82 Å². The van der Waals surface area contributed by atoms with Crippen molar-refractivity contribution in [2.24, 2.45) is 0 Å². The highest BCUT2D eigenvalue weighted by Gasteiger charge is 2.28. The molecule has 0 heterocycles. The molecule has 0 aliphatic heterocycles. The Kier molecular flexibility index (Phi) is 8.70. The van der Waals surface area contributed by atoms with E-state index >= 15 is 0 Å². The number of carbonyl (C=O) groups is 2. The van der Waals surface area contributed by atoms with E-state index in [9.17, 15) is 24.1 Å². The molecule has 2 aromatic rings. The van der Waals surface area contributed by atoms with Crippen molar-refractivity contribution in [2.45, 2.75) is 31.6 Å². The SMILES string of the molecule is CCOC(=O)C(Cc1ccc(F)cc1)NC(=O)[C@@H]([B]C#N)Cc1ccc([N+](=O)[O-])cc1. The molecule has 2 rings (SSSR count). The van der Waals surface area contributed by atoms with Gasteiger partial charge >= 0.3 is 5.97 Å². The molecule has 1 N–H and O–H groups in total. The van der Waals surface area contributed by atoms with Gasteiger partial charge in [-0.25, -0.2) is 14.4 Å². The number of rotatable bonds is 10. The predicted octanol–water partition coefficient (Wildman–Crippen LogP) is 2.54. The molecule has 0 spiro atoms. The molecule has 0 aliphatic carbocycles. The second kappa shape index (κ2) is 11.5. The van der Waals surface area contributed by atoms with E-state index in [2.05, 4.69) is 5.32 Å². The molecule has 10 heteroatoms. The summed E-state index contributed by atoms with van der Waals surface area (Å²) in [7, 11) is 1.14. The van der Waals surface area contributed by atoms with Gasteiger partial charge < -0.3 is 10.1 Å². The fourth-order valence-electron chi connectivity index (χ4n) is 2.90. The van der Waals surface area contributed by atoms with Gasteiger partial charge in [-0.2, -0.15) is 0 Å². The number of nitrogens with one attached hydrogen (secondary N) is 1. The molecule has 0 aromatic heterocycles. The number of nitro groups is 1. The van der Waals surface area contributed by atoms with Crippen LogP contribution < -0.4 is 5.32 Å². The minimum Gasteiger partial charge on any atom is -0.464 e. The number of hydrogen-bond donors (Lipinski definition) is 1. The first-order chi connectivity index (χ1) is 14.8. The maximum absolute atomic E-state index is 13.1. The number of amides is 1. The quantitative estimate of drug-likeness (QED) is 0.271. The molecule has 1 unspecified atom stereocenters. The van der Waals surface area contributed by atoms with Gasteiger partial charge in [0.05, 0.1) is 11.5 Å². The van der Waals surface area contributed by atoms with Crippen LogP contribution in [0.4, 0.5) is 10.1 Å². The summed E-state index contributed by atoms with van der Waals surface area (Å²) in [5, 5.41) is 22.4. The van der Waals surface area contributed by atoms with Gasteiger partial charge in [-0.3, -0.25) is 14.9 Å². The summed E-state index contributed by atoms with van der Waals surface area (Å²) < 4.78 is 18.2. The average Bonchev–Trinajstić information content (AvgIpc) is 2.75. The maximum Gasteiger partial charge on any atom is 0.328 e. The molecule has 0 bridgehead atoms. The van der Waals surface area contributed by atoms with Crippen molar-refractivity contribution in [3.8, 4) is 5.97 Å². The number of non-ortho nitro benzene ring substituents is 1. The minimum atomic E-state index is -1.02. The largest absolute Gasteiger partial charge is 0.464 e. The molecule has 8 nitrogen and oxygen atoms in total. The van der Waals surface area contributed by atoms with Crippen LogP contribution in [0.15, 0.2) is 48.5 Å². The maximum atomic E-state index is 13.1. The Bertz CT molecular complexity index is 960. The monoisotopic (exact) mass is 424 g/mol. The summed E-state index contributed by atoms with van der Waals surface area (Å²) in [6.45, 7) is 1.75. The summed E-state index contributed by atoms with van der Waals surface area (Å²) >= 11 is 0. The third-order valence-electron chi connectivity index (χ3n) is 4.46. The number of nitrogens with zero attached hydrogens (tertiary/aromatic N) is 2. The van der Waals surface area contributed by atoms with Crippen molar-refractivity contribution < 1.29 is 23.6 Å². The zero-order valence-corrected chi connectivity index (χ0v) is 16.8. The summed E-state index contributed by atoms with van der Waals surface area (Å²) in [4.78, 5) is 35.4. The molecule has 0 saturated heterocycles. The molecular formula is C21H20BFN3O5. The Morgan fingerprint density at radius 3 is 2.29 bits per heavy atom. The Morgan fingerprint density at radius 2 is 1.74 bits per heavy atom.